The van der Waals surface area contributed by atoms with E-state index < -0.39 is 0 Å². The van der Waals surface area contributed by atoms with Gasteiger partial charge in [-0.25, -0.2) is 9.86 Å². The summed E-state index contributed by atoms with van der Waals surface area (Å²) in [5.41, 5.74) is 1.34. The quantitative estimate of drug-likeness (QED) is 0.267. The number of carbonyl (C=O) groups excluding carboxylic acids is 3. The summed E-state index contributed by atoms with van der Waals surface area (Å²) >= 11 is 0. The van der Waals surface area contributed by atoms with Gasteiger partial charge in [0, 0.05) is 50.2 Å². The van der Waals surface area contributed by atoms with Crippen LogP contribution >= 0.6 is 0 Å². The number of rotatable bonds is 14. The highest BCUT2D eigenvalue weighted by Gasteiger charge is 2.26. The van der Waals surface area contributed by atoms with Crippen LogP contribution in [-0.2, 0) is 9.63 Å². The minimum atomic E-state index is -0.234. The molecule has 2 aromatic rings. The third-order valence-electron chi connectivity index (χ3n) is 6.72. The summed E-state index contributed by atoms with van der Waals surface area (Å²) in [5, 5.41) is 7.22. The number of amides is 4. The molecule has 0 radical (unpaired) electrons. The number of benzene rings is 1. The number of urea groups is 1. The van der Waals surface area contributed by atoms with Crippen LogP contribution in [0.3, 0.4) is 0 Å². The van der Waals surface area contributed by atoms with Crippen molar-refractivity contribution in [2.45, 2.75) is 70.3 Å². The van der Waals surface area contributed by atoms with Gasteiger partial charge in [-0.05, 0) is 49.9 Å². The van der Waals surface area contributed by atoms with Crippen molar-refractivity contribution in [3.63, 3.8) is 0 Å². The second-order valence-electron chi connectivity index (χ2n) is 9.72. The number of carbonyl (C=O) groups is 3. The number of nitrogens with one attached hydrogen (secondary N) is 2. The largest absolute Gasteiger partial charge is 0.339 e. The van der Waals surface area contributed by atoms with Gasteiger partial charge in [-0.1, -0.05) is 50.3 Å². The molecule has 0 unspecified atom stereocenters. The fourth-order valence-electron chi connectivity index (χ4n) is 4.55. The van der Waals surface area contributed by atoms with E-state index in [1.165, 1.54) is 6.42 Å². The highest BCUT2D eigenvalue weighted by atomic mass is 16.7. The summed E-state index contributed by atoms with van der Waals surface area (Å²) in [6.45, 7) is 1.27. The number of likely N-dealkylation sites (N-methyl/N-ethyl adjacent to an activating group) is 1. The van der Waals surface area contributed by atoms with E-state index in [0.717, 1.165) is 51.4 Å². The third-order valence-corrected chi connectivity index (χ3v) is 6.72. The Kier molecular flexibility index (Phi) is 12.6. The van der Waals surface area contributed by atoms with Crippen LogP contribution in [0.2, 0.25) is 0 Å². The second-order valence-corrected chi connectivity index (χ2v) is 9.72. The number of hydrogen-bond donors (Lipinski definition) is 2. The van der Waals surface area contributed by atoms with Crippen molar-refractivity contribution in [2.75, 3.05) is 32.1 Å². The van der Waals surface area contributed by atoms with Crippen molar-refractivity contribution in [1.82, 2.24) is 20.3 Å². The van der Waals surface area contributed by atoms with Gasteiger partial charge in [-0.3, -0.25) is 19.4 Å². The van der Waals surface area contributed by atoms with Crippen LogP contribution in [0, 0.1) is 0 Å². The first-order valence-corrected chi connectivity index (χ1v) is 13.7. The molecule has 0 saturated heterocycles. The number of unbranched alkanes of at least 4 members (excludes halogenated alkanes) is 3. The number of pyridine rings is 1. The molecule has 3 rings (SSSR count). The van der Waals surface area contributed by atoms with Gasteiger partial charge in [0.25, 0.3) is 5.91 Å². The maximum atomic E-state index is 13.1. The monoisotopic (exact) mass is 523 g/mol. The number of aromatic nitrogens is 1. The average molecular weight is 524 g/mol. The van der Waals surface area contributed by atoms with Crippen LogP contribution in [0.4, 0.5) is 10.5 Å². The molecule has 206 valence electrons. The van der Waals surface area contributed by atoms with Gasteiger partial charge in [-0.2, -0.15) is 0 Å². The molecule has 38 heavy (non-hydrogen) atoms. The number of hydroxylamine groups is 2. The molecule has 0 bridgehead atoms. The van der Waals surface area contributed by atoms with Crippen LogP contribution in [0.15, 0.2) is 54.9 Å². The van der Waals surface area contributed by atoms with Crippen LogP contribution < -0.4 is 10.6 Å². The third kappa shape index (κ3) is 10.1. The van der Waals surface area contributed by atoms with E-state index in [4.69, 9.17) is 4.84 Å². The lowest BCUT2D eigenvalue weighted by Gasteiger charge is -2.33. The summed E-state index contributed by atoms with van der Waals surface area (Å²) in [6.07, 6.45) is 12.5. The molecule has 2 N–H and O–H groups in total. The zero-order valence-electron chi connectivity index (χ0n) is 22.4. The summed E-state index contributed by atoms with van der Waals surface area (Å²) in [6, 6.07) is 12.5. The second kappa shape index (κ2) is 16.4. The molecule has 1 aliphatic carbocycles. The molecule has 9 heteroatoms. The molecule has 0 spiro atoms. The smallest absolute Gasteiger partial charge is 0.319 e. The van der Waals surface area contributed by atoms with E-state index in [9.17, 15) is 14.4 Å². The Morgan fingerprint density at radius 3 is 2.39 bits per heavy atom. The lowest BCUT2D eigenvalue weighted by atomic mass is 9.95. The Morgan fingerprint density at radius 1 is 0.947 bits per heavy atom. The number of nitrogens with zero attached hydrogens (tertiary/aromatic N) is 3. The molecule has 1 fully saturated rings. The van der Waals surface area contributed by atoms with Gasteiger partial charge in [0.2, 0.25) is 5.91 Å². The van der Waals surface area contributed by atoms with Crippen LogP contribution in [0.5, 0.6) is 0 Å². The molecular formula is C29H41N5O4. The SMILES string of the molecule is CN(CCON(C(=O)CCCCCCNC(=O)Nc1ccncc1)C1CCCCC1)C(=O)c1ccccc1. The zero-order valence-corrected chi connectivity index (χ0v) is 22.4. The van der Waals surface area contributed by atoms with Crippen molar-refractivity contribution in [1.29, 1.82) is 0 Å². The van der Waals surface area contributed by atoms with Crippen LogP contribution in [-0.4, -0.2) is 65.6 Å². The molecule has 0 aliphatic heterocycles. The molecule has 0 atom stereocenters. The van der Waals surface area contributed by atoms with Gasteiger partial charge in [0.05, 0.1) is 12.6 Å². The van der Waals surface area contributed by atoms with E-state index in [1.54, 1.807) is 53.7 Å². The van der Waals surface area contributed by atoms with E-state index in [1.807, 2.05) is 18.2 Å². The Hall–Kier alpha value is -3.46. The lowest BCUT2D eigenvalue weighted by Crippen LogP contribution is -2.43. The van der Waals surface area contributed by atoms with Gasteiger partial charge >= 0.3 is 6.03 Å². The maximum absolute atomic E-state index is 13.1. The van der Waals surface area contributed by atoms with Gasteiger partial charge < -0.3 is 15.5 Å². The van der Waals surface area contributed by atoms with Crippen LogP contribution in [0.25, 0.3) is 0 Å². The summed E-state index contributed by atoms with van der Waals surface area (Å²) in [7, 11) is 1.75. The van der Waals surface area contributed by atoms with E-state index >= 15 is 0 Å². The Bertz CT molecular complexity index is 983. The highest BCUT2D eigenvalue weighted by molar-refractivity contribution is 5.94. The molecule has 1 aliphatic rings. The fraction of sp³-hybridized carbons (Fsp3) is 0.517. The fourth-order valence-corrected chi connectivity index (χ4v) is 4.55. The van der Waals surface area contributed by atoms with Crippen molar-refractivity contribution in [3.8, 4) is 0 Å². The topological polar surface area (TPSA) is 104 Å². The molecule has 1 aromatic heterocycles. The molecule has 4 amide bonds. The number of hydrogen-bond acceptors (Lipinski definition) is 5. The summed E-state index contributed by atoms with van der Waals surface area (Å²) in [4.78, 5) is 49.1. The Balaban J connectivity index is 1.34. The first kappa shape index (κ1) is 29.1. The van der Waals surface area contributed by atoms with E-state index in [2.05, 4.69) is 15.6 Å². The Morgan fingerprint density at radius 2 is 1.66 bits per heavy atom. The van der Waals surface area contributed by atoms with Crippen molar-refractivity contribution < 1.29 is 19.2 Å². The molecular weight excluding hydrogens is 482 g/mol. The Labute approximate surface area is 225 Å². The minimum Gasteiger partial charge on any atom is -0.339 e. The van der Waals surface area contributed by atoms with Crippen molar-refractivity contribution in [3.05, 3.63) is 60.4 Å². The molecule has 1 saturated carbocycles. The maximum Gasteiger partial charge on any atom is 0.319 e. The van der Waals surface area contributed by atoms with Gasteiger partial charge in [0.15, 0.2) is 0 Å². The van der Waals surface area contributed by atoms with Crippen LogP contribution in [0.1, 0.15) is 74.6 Å². The summed E-state index contributed by atoms with van der Waals surface area (Å²) < 4.78 is 0. The normalized spacial score (nSPS) is 13.5. The van der Waals surface area contributed by atoms with Gasteiger partial charge in [-0.15, -0.1) is 0 Å². The standard InChI is InChI=1S/C29H41N5O4/c1-33(28(36)24-12-6-4-7-13-24)22-23-38-34(26-14-8-5-9-15-26)27(35)16-10-2-3-11-19-31-29(37)32-25-17-20-30-21-18-25/h4,6-7,12-13,17-18,20-21,26H,2-3,5,8-11,14-16,19,22-23H2,1H3,(H2,30,31,32,37). The first-order chi connectivity index (χ1) is 18.5. The molecule has 1 aromatic carbocycles. The van der Waals surface area contributed by atoms with Crippen molar-refractivity contribution >= 4 is 23.5 Å². The summed E-state index contributed by atoms with van der Waals surface area (Å²) in [5.74, 6) is -0.0436. The minimum absolute atomic E-state index is 0.0174. The van der Waals surface area contributed by atoms with E-state index in [-0.39, 0.29) is 30.5 Å². The van der Waals surface area contributed by atoms with E-state index in [0.29, 0.717) is 30.8 Å². The van der Waals surface area contributed by atoms with Gasteiger partial charge in [0.1, 0.15) is 0 Å². The lowest BCUT2D eigenvalue weighted by molar-refractivity contribution is -0.204. The average Bonchev–Trinajstić information content (AvgIpc) is 2.95. The molecule has 9 nitrogen and oxygen atoms in total. The predicted octanol–water partition coefficient (Wildman–Crippen LogP) is 5.02. The predicted molar refractivity (Wildman–Crippen MR) is 147 cm³/mol. The van der Waals surface area contributed by atoms with Crippen molar-refractivity contribution in [2.24, 2.45) is 0 Å². The zero-order chi connectivity index (χ0) is 27.0. The first-order valence-electron chi connectivity index (χ1n) is 13.7. The number of anilines is 1. The molecule has 1 heterocycles. The highest BCUT2D eigenvalue weighted by Crippen LogP contribution is 2.24.